The molecule has 0 amide bonds. The van der Waals surface area contributed by atoms with Crippen molar-refractivity contribution in [3.8, 4) is 0 Å². The van der Waals surface area contributed by atoms with Crippen LogP contribution in [-0.4, -0.2) is 27.9 Å². The van der Waals surface area contributed by atoms with E-state index in [1.807, 2.05) is 0 Å². The van der Waals surface area contributed by atoms with E-state index in [4.69, 9.17) is 4.74 Å². The van der Waals surface area contributed by atoms with Crippen LogP contribution in [-0.2, 0) is 20.9 Å². The van der Waals surface area contributed by atoms with E-state index in [9.17, 15) is 14.4 Å². The molecule has 0 fully saturated rings. The second kappa shape index (κ2) is 6.42. The van der Waals surface area contributed by atoms with E-state index in [2.05, 4.69) is 4.98 Å². The average Bonchev–Trinajstić information content (AvgIpc) is 2.89. The first-order valence-electron chi connectivity index (χ1n) is 6.21. The Bertz CT molecular complexity index is 689. The van der Waals surface area contributed by atoms with E-state index in [0.717, 1.165) is 0 Å². The predicted molar refractivity (Wildman–Crippen MR) is 74.8 cm³/mol. The highest BCUT2D eigenvalue weighted by molar-refractivity contribution is 7.16. The summed E-state index contributed by atoms with van der Waals surface area (Å²) in [5.41, 5.74) is -0.235. The Hall–Kier alpha value is -2.02. The Morgan fingerprint density at radius 2 is 2.20 bits per heavy atom. The summed E-state index contributed by atoms with van der Waals surface area (Å²) < 4.78 is 6.01. The van der Waals surface area contributed by atoms with Crippen molar-refractivity contribution in [3.63, 3.8) is 0 Å². The topological polar surface area (TPSA) is 78.3 Å². The number of nitrogens with zero attached hydrogens (tertiary/aromatic N) is 2. The summed E-state index contributed by atoms with van der Waals surface area (Å²) in [6.45, 7) is 1.93. The van der Waals surface area contributed by atoms with Crippen molar-refractivity contribution in [1.82, 2.24) is 9.55 Å². The molecule has 0 radical (unpaired) electrons. The number of Topliss-reactive ketones (excluding diaryl/α,β-unsaturated/α-hetero) is 1. The quantitative estimate of drug-likeness (QED) is 0.752. The number of esters is 1. The number of hydrogen-bond donors (Lipinski definition) is 0. The number of carbonyl (C=O) groups excluding carboxylic acids is 2. The van der Waals surface area contributed by atoms with Crippen LogP contribution in [0.15, 0.2) is 22.6 Å². The van der Waals surface area contributed by atoms with Crippen LogP contribution in [0.25, 0.3) is 10.2 Å². The largest absolute Gasteiger partial charge is 0.466 e. The Labute approximate surface area is 119 Å². The van der Waals surface area contributed by atoms with Crippen molar-refractivity contribution in [1.29, 1.82) is 0 Å². The van der Waals surface area contributed by atoms with E-state index in [-0.39, 0.29) is 30.7 Å². The summed E-state index contributed by atoms with van der Waals surface area (Å²) in [5, 5.41) is 2.29. The Kier molecular flexibility index (Phi) is 4.62. The van der Waals surface area contributed by atoms with Gasteiger partial charge >= 0.3 is 5.97 Å². The maximum Gasteiger partial charge on any atom is 0.306 e. The van der Waals surface area contributed by atoms with E-state index in [1.165, 1.54) is 22.2 Å². The fraction of sp³-hybridized carbons (Fsp3) is 0.385. The van der Waals surface area contributed by atoms with Gasteiger partial charge in [-0.1, -0.05) is 0 Å². The normalized spacial score (nSPS) is 10.7. The monoisotopic (exact) mass is 294 g/mol. The molecule has 7 heteroatoms. The lowest BCUT2D eigenvalue weighted by Crippen LogP contribution is -2.24. The number of hydrogen-bond acceptors (Lipinski definition) is 6. The molecule has 2 rings (SSSR count). The van der Waals surface area contributed by atoms with Gasteiger partial charge in [-0.2, -0.15) is 0 Å². The van der Waals surface area contributed by atoms with Crippen LogP contribution in [0.5, 0.6) is 0 Å². The highest BCUT2D eigenvalue weighted by atomic mass is 32.1. The van der Waals surface area contributed by atoms with Crippen LogP contribution in [0.2, 0.25) is 0 Å². The minimum absolute atomic E-state index is 0.0372. The van der Waals surface area contributed by atoms with Crippen molar-refractivity contribution < 1.29 is 14.3 Å². The average molecular weight is 294 g/mol. The lowest BCUT2D eigenvalue weighted by atomic mass is 10.2. The smallest absolute Gasteiger partial charge is 0.306 e. The van der Waals surface area contributed by atoms with Gasteiger partial charge in [0.2, 0.25) is 0 Å². The first-order chi connectivity index (χ1) is 9.61. The van der Waals surface area contributed by atoms with Gasteiger partial charge in [0.1, 0.15) is 4.83 Å². The minimum atomic E-state index is -0.403. The second-order valence-corrected chi connectivity index (χ2v) is 5.06. The fourth-order valence-electron chi connectivity index (χ4n) is 1.75. The van der Waals surface area contributed by atoms with Crippen LogP contribution >= 0.6 is 11.3 Å². The molecule has 0 spiro atoms. The minimum Gasteiger partial charge on any atom is -0.466 e. The standard InChI is InChI=1S/C13H14N2O4S/c1-2-19-11(17)4-3-9(16)7-15-8-14-12-10(13(15)18)5-6-20-12/h5-6,8H,2-4,7H2,1H3. The first-order valence-corrected chi connectivity index (χ1v) is 7.09. The summed E-state index contributed by atoms with van der Waals surface area (Å²) in [7, 11) is 0. The number of thiophene rings is 1. The molecule has 0 saturated heterocycles. The van der Waals surface area contributed by atoms with E-state index < -0.39 is 5.97 Å². The van der Waals surface area contributed by atoms with Gasteiger partial charge in [-0.25, -0.2) is 4.98 Å². The molecule has 106 valence electrons. The Morgan fingerprint density at radius 1 is 1.40 bits per heavy atom. The molecule has 0 N–H and O–H groups in total. The van der Waals surface area contributed by atoms with Gasteiger partial charge in [0.05, 0.1) is 31.3 Å². The van der Waals surface area contributed by atoms with Crippen molar-refractivity contribution >= 4 is 33.3 Å². The second-order valence-electron chi connectivity index (χ2n) is 4.16. The molecule has 6 nitrogen and oxygen atoms in total. The SMILES string of the molecule is CCOC(=O)CCC(=O)Cn1cnc2sccc2c1=O. The molecule has 0 unspecified atom stereocenters. The zero-order valence-electron chi connectivity index (χ0n) is 11.0. The zero-order valence-corrected chi connectivity index (χ0v) is 11.8. The zero-order chi connectivity index (χ0) is 14.5. The highest BCUT2D eigenvalue weighted by Crippen LogP contribution is 2.13. The van der Waals surface area contributed by atoms with E-state index >= 15 is 0 Å². The number of carbonyl (C=O) groups is 2. The van der Waals surface area contributed by atoms with Crippen molar-refractivity contribution in [2.24, 2.45) is 0 Å². The van der Waals surface area contributed by atoms with E-state index in [1.54, 1.807) is 18.4 Å². The molecular formula is C13H14N2O4S. The van der Waals surface area contributed by atoms with Crippen LogP contribution in [0.1, 0.15) is 19.8 Å². The number of fused-ring (bicyclic) bond motifs is 1. The molecule has 0 aliphatic heterocycles. The molecule has 0 aliphatic carbocycles. The lowest BCUT2D eigenvalue weighted by molar-refractivity contribution is -0.144. The van der Waals surface area contributed by atoms with Gasteiger partial charge in [0.25, 0.3) is 5.56 Å². The molecule has 0 atom stereocenters. The van der Waals surface area contributed by atoms with Crippen molar-refractivity contribution in [3.05, 3.63) is 28.1 Å². The third-order valence-corrected chi connectivity index (χ3v) is 3.53. The van der Waals surface area contributed by atoms with Crippen LogP contribution < -0.4 is 5.56 Å². The summed E-state index contributed by atoms with van der Waals surface area (Å²) in [4.78, 5) is 39.7. The molecule has 0 aliphatic rings. The maximum atomic E-state index is 12.1. The number of aromatic nitrogens is 2. The summed E-state index contributed by atoms with van der Waals surface area (Å²) >= 11 is 1.38. The number of rotatable bonds is 6. The Morgan fingerprint density at radius 3 is 2.95 bits per heavy atom. The van der Waals surface area contributed by atoms with Gasteiger partial charge in [0.15, 0.2) is 5.78 Å². The summed E-state index contributed by atoms with van der Waals surface area (Å²) in [6, 6.07) is 1.69. The first kappa shape index (κ1) is 14.4. The maximum absolute atomic E-state index is 12.1. The van der Waals surface area contributed by atoms with E-state index in [0.29, 0.717) is 16.8 Å². The number of ether oxygens (including phenoxy) is 1. The van der Waals surface area contributed by atoms with Crippen molar-refractivity contribution in [2.75, 3.05) is 6.61 Å². The lowest BCUT2D eigenvalue weighted by Gasteiger charge is -2.04. The molecular weight excluding hydrogens is 280 g/mol. The van der Waals surface area contributed by atoms with Gasteiger partial charge in [-0.3, -0.25) is 19.0 Å². The van der Waals surface area contributed by atoms with Gasteiger partial charge < -0.3 is 4.74 Å². The predicted octanol–water partition coefficient (Wildman–Crippen LogP) is 1.37. The fourth-order valence-corrected chi connectivity index (χ4v) is 2.47. The molecule has 0 saturated carbocycles. The highest BCUT2D eigenvalue weighted by Gasteiger charge is 2.11. The Balaban J connectivity index is 2.01. The summed E-state index contributed by atoms with van der Waals surface area (Å²) in [5.74, 6) is -0.601. The third-order valence-electron chi connectivity index (χ3n) is 2.71. The summed E-state index contributed by atoms with van der Waals surface area (Å²) in [6.07, 6.45) is 1.46. The van der Waals surface area contributed by atoms with Crippen LogP contribution in [0, 0.1) is 0 Å². The molecule has 2 aromatic heterocycles. The van der Waals surface area contributed by atoms with Gasteiger partial charge in [-0.15, -0.1) is 11.3 Å². The molecule has 2 aromatic rings. The third kappa shape index (κ3) is 3.30. The van der Waals surface area contributed by atoms with Crippen molar-refractivity contribution in [2.45, 2.75) is 26.3 Å². The molecule has 0 bridgehead atoms. The molecule has 20 heavy (non-hydrogen) atoms. The molecule has 0 aromatic carbocycles. The van der Waals surface area contributed by atoms with Gasteiger partial charge in [0, 0.05) is 6.42 Å². The van der Waals surface area contributed by atoms with Crippen LogP contribution in [0.4, 0.5) is 0 Å². The molecule has 2 heterocycles. The van der Waals surface area contributed by atoms with Gasteiger partial charge in [-0.05, 0) is 18.4 Å². The van der Waals surface area contributed by atoms with Crippen LogP contribution in [0.3, 0.4) is 0 Å². The number of ketones is 1.